The van der Waals surface area contributed by atoms with Gasteiger partial charge in [0.1, 0.15) is 5.76 Å². The van der Waals surface area contributed by atoms with Crippen LogP contribution in [0.5, 0.6) is 0 Å². The average molecular weight is 273 g/mol. The first-order valence-electron chi connectivity index (χ1n) is 6.81. The molecule has 4 heteroatoms. The van der Waals surface area contributed by atoms with E-state index in [1.54, 1.807) is 6.26 Å². The predicted molar refractivity (Wildman–Crippen MR) is 75.9 cm³/mol. The normalized spacial score (nSPS) is 10.4. The van der Waals surface area contributed by atoms with E-state index in [2.05, 4.69) is 5.48 Å². The van der Waals surface area contributed by atoms with Gasteiger partial charge in [-0.05, 0) is 30.5 Å². The third kappa shape index (κ3) is 5.28. The zero-order valence-corrected chi connectivity index (χ0v) is 11.4. The van der Waals surface area contributed by atoms with Gasteiger partial charge in [-0.15, -0.1) is 0 Å². The number of nitrogens with one attached hydrogen (secondary N) is 1. The van der Waals surface area contributed by atoms with Gasteiger partial charge in [0.2, 0.25) is 5.91 Å². The van der Waals surface area contributed by atoms with Crippen LogP contribution in [0.3, 0.4) is 0 Å². The molecule has 0 saturated carbocycles. The summed E-state index contributed by atoms with van der Waals surface area (Å²) in [6, 6.07) is 13.7. The molecule has 20 heavy (non-hydrogen) atoms. The molecule has 1 amide bonds. The van der Waals surface area contributed by atoms with Gasteiger partial charge in [-0.2, -0.15) is 0 Å². The molecule has 106 valence electrons. The van der Waals surface area contributed by atoms with Crippen LogP contribution in [0, 0.1) is 0 Å². The Labute approximate surface area is 118 Å². The van der Waals surface area contributed by atoms with Gasteiger partial charge in [0.25, 0.3) is 0 Å². The Morgan fingerprint density at radius 1 is 1.10 bits per heavy atom. The van der Waals surface area contributed by atoms with Gasteiger partial charge < -0.3 is 4.42 Å². The highest BCUT2D eigenvalue weighted by Crippen LogP contribution is 2.04. The number of amides is 1. The highest BCUT2D eigenvalue weighted by Gasteiger charge is 2.02. The standard InChI is InChI=1S/C16H19NO3/c18-16(11-10-14-6-2-1-3-7-14)17-20-13-5-9-15-8-4-12-19-15/h1-4,6-8,12H,5,9-11,13H2,(H,17,18). The molecule has 0 aliphatic rings. The Morgan fingerprint density at radius 2 is 1.95 bits per heavy atom. The van der Waals surface area contributed by atoms with Crippen molar-refractivity contribution in [1.82, 2.24) is 5.48 Å². The molecule has 1 heterocycles. The lowest BCUT2D eigenvalue weighted by Crippen LogP contribution is -2.24. The molecule has 0 saturated heterocycles. The van der Waals surface area contributed by atoms with E-state index < -0.39 is 0 Å². The van der Waals surface area contributed by atoms with E-state index in [9.17, 15) is 4.79 Å². The quantitative estimate of drug-likeness (QED) is 0.594. The second kappa shape index (κ2) is 8.17. The first-order valence-corrected chi connectivity index (χ1v) is 6.81. The van der Waals surface area contributed by atoms with Gasteiger partial charge in [0, 0.05) is 12.8 Å². The highest BCUT2D eigenvalue weighted by atomic mass is 16.6. The molecule has 0 fully saturated rings. The number of hydroxylamine groups is 1. The summed E-state index contributed by atoms with van der Waals surface area (Å²) < 4.78 is 5.21. The van der Waals surface area contributed by atoms with Crippen LogP contribution in [0.4, 0.5) is 0 Å². The second-order valence-corrected chi connectivity index (χ2v) is 4.54. The van der Waals surface area contributed by atoms with Crippen molar-refractivity contribution in [2.75, 3.05) is 6.61 Å². The molecule has 0 atom stereocenters. The van der Waals surface area contributed by atoms with Crippen molar-refractivity contribution >= 4 is 5.91 Å². The van der Waals surface area contributed by atoms with E-state index >= 15 is 0 Å². The molecule has 0 unspecified atom stereocenters. The fourth-order valence-electron chi connectivity index (χ4n) is 1.86. The van der Waals surface area contributed by atoms with E-state index in [1.165, 1.54) is 0 Å². The monoisotopic (exact) mass is 273 g/mol. The van der Waals surface area contributed by atoms with E-state index in [4.69, 9.17) is 9.25 Å². The smallest absolute Gasteiger partial charge is 0.243 e. The Hall–Kier alpha value is -2.07. The van der Waals surface area contributed by atoms with Crippen molar-refractivity contribution in [2.24, 2.45) is 0 Å². The molecule has 1 aromatic carbocycles. The number of carbonyl (C=O) groups excluding carboxylic acids is 1. The van der Waals surface area contributed by atoms with Crippen molar-refractivity contribution < 1.29 is 14.0 Å². The number of rotatable bonds is 8. The molecule has 0 aliphatic carbocycles. The molecule has 4 nitrogen and oxygen atoms in total. The molecule has 2 rings (SSSR count). The molecule has 0 spiro atoms. The summed E-state index contributed by atoms with van der Waals surface area (Å²) in [6.45, 7) is 0.484. The topological polar surface area (TPSA) is 51.5 Å². The third-order valence-corrected chi connectivity index (χ3v) is 2.92. The minimum Gasteiger partial charge on any atom is -0.469 e. The molecule has 1 N–H and O–H groups in total. The summed E-state index contributed by atoms with van der Waals surface area (Å²) in [4.78, 5) is 16.7. The van der Waals surface area contributed by atoms with Gasteiger partial charge in [-0.25, -0.2) is 5.48 Å². The fraction of sp³-hybridized carbons (Fsp3) is 0.312. The number of aryl methyl sites for hydroxylation is 2. The van der Waals surface area contributed by atoms with Crippen LogP contribution >= 0.6 is 0 Å². The molecule has 1 aromatic heterocycles. The predicted octanol–water partition coefficient (Wildman–Crippen LogP) is 2.89. The Bertz CT molecular complexity index is 494. The van der Waals surface area contributed by atoms with E-state index in [0.717, 1.165) is 30.6 Å². The van der Waals surface area contributed by atoms with Crippen molar-refractivity contribution in [2.45, 2.75) is 25.7 Å². The minimum atomic E-state index is -0.0909. The van der Waals surface area contributed by atoms with Crippen LogP contribution in [0.2, 0.25) is 0 Å². The lowest BCUT2D eigenvalue weighted by atomic mass is 10.1. The fourth-order valence-corrected chi connectivity index (χ4v) is 1.86. The van der Waals surface area contributed by atoms with Crippen LogP contribution in [0.25, 0.3) is 0 Å². The molecule has 0 bridgehead atoms. The van der Waals surface area contributed by atoms with Crippen LogP contribution in [-0.4, -0.2) is 12.5 Å². The van der Waals surface area contributed by atoms with Crippen LogP contribution in [0.15, 0.2) is 53.1 Å². The molecular formula is C16H19NO3. The zero-order valence-electron chi connectivity index (χ0n) is 11.4. The van der Waals surface area contributed by atoms with Gasteiger partial charge >= 0.3 is 0 Å². The number of benzene rings is 1. The first kappa shape index (κ1) is 14.3. The average Bonchev–Trinajstić information content (AvgIpc) is 2.99. The molecule has 0 radical (unpaired) electrons. The SMILES string of the molecule is O=C(CCc1ccccc1)NOCCCc1ccco1. The first-order chi connectivity index (χ1) is 9.84. The van der Waals surface area contributed by atoms with Crippen LogP contribution < -0.4 is 5.48 Å². The molecular weight excluding hydrogens is 254 g/mol. The van der Waals surface area contributed by atoms with Crippen molar-refractivity contribution in [3.05, 3.63) is 60.1 Å². The molecule has 0 aliphatic heterocycles. The third-order valence-electron chi connectivity index (χ3n) is 2.92. The van der Waals surface area contributed by atoms with Crippen LogP contribution in [-0.2, 0) is 22.5 Å². The maximum atomic E-state index is 11.6. The van der Waals surface area contributed by atoms with E-state index in [-0.39, 0.29) is 5.91 Å². The number of furan rings is 1. The summed E-state index contributed by atoms with van der Waals surface area (Å²) in [5, 5.41) is 0. The molecule has 2 aromatic rings. The van der Waals surface area contributed by atoms with Gasteiger partial charge in [-0.3, -0.25) is 9.63 Å². The second-order valence-electron chi connectivity index (χ2n) is 4.54. The van der Waals surface area contributed by atoms with Crippen LogP contribution in [0.1, 0.15) is 24.2 Å². The summed E-state index contributed by atoms with van der Waals surface area (Å²) in [5.74, 6) is 0.843. The highest BCUT2D eigenvalue weighted by molar-refractivity contribution is 5.75. The number of hydrogen-bond acceptors (Lipinski definition) is 3. The zero-order chi connectivity index (χ0) is 14.0. The summed E-state index contributed by atoms with van der Waals surface area (Å²) in [7, 11) is 0. The van der Waals surface area contributed by atoms with E-state index in [1.807, 2.05) is 42.5 Å². The largest absolute Gasteiger partial charge is 0.469 e. The van der Waals surface area contributed by atoms with E-state index in [0.29, 0.717) is 13.0 Å². The van der Waals surface area contributed by atoms with Crippen molar-refractivity contribution in [1.29, 1.82) is 0 Å². The Morgan fingerprint density at radius 3 is 2.70 bits per heavy atom. The van der Waals surface area contributed by atoms with Crippen molar-refractivity contribution in [3.63, 3.8) is 0 Å². The Kier molecular flexibility index (Phi) is 5.86. The maximum Gasteiger partial charge on any atom is 0.243 e. The lowest BCUT2D eigenvalue weighted by molar-refractivity contribution is -0.133. The lowest BCUT2D eigenvalue weighted by Gasteiger charge is -2.05. The maximum absolute atomic E-state index is 11.6. The minimum absolute atomic E-state index is 0.0909. The summed E-state index contributed by atoms with van der Waals surface area (Å²) in [6.07, 6.45) is 4.44. The number of hydrogen-bond donors (Lipinski definition) is 1. The van der Waals surface area contributed by atoms with Gasteiger partial charge in [0.15, 0.2) is 0 Å². The van der Waals surface area contributed by atoms with Crippen molar-refractivity contribution in [3.8, 4) is 0 Å². The summed E-state index contributed by atoms with van der Waals surface area (Å²) >= 11 is 0. The summed E-state index contributed by atoms with van der Waals surface area (Å²) in [5.41, 5.74) is 3.62. The number of carbonyl (C=O) groups is 1. The Balaban J connectivity index is 1.52. The van der Waals surface area contributed by atoms with Gasteiger partial charge in [0.05, 0.1) is 12.9 Å². The van der Waals surface area contributed by atoms with Gasteiger partial charge in [-0.1, -0.05) is 30.3 Å².